The molecule has 2 rings (SSSR count). The van der Waals surface area contributed by atoms with Crippen LogP contribution in [0.5, 0.6) is 0 Å². The molecule has 3 nitrogen and oxygen atoms in total. The number of nitrogen functional groups attached to an aromatic ring is 1. The third kappa shape index (κ3) is 0.761. The average molecular weight is 170 g/mol. The van der Waals surface area contributed by atoms with Gasteiger partial charge in [-0.15, -0.1) is 0 Å². The van der Waals surface area contributed by atoms with Gasteiger partial charge in [-0.3, -0.25) is 0 Å². The lowest BCUT2D eigenvalue weighted by molar-refractivity contribution is 0.438. The number of benzene rings is 1. The highest BCUT2D eigenvalue weighted by atomic mass is 19.2. The van der Waals surface area contributed by atoms with E-state index in [9.17, 15) is 8.78 Å². The van der Waals surface area contributed by atoms with Crippen LogP contribution >= 0.6 is 0 Å². The van der Waals surface area contributed by atoms with E-state index in [2.05, 4.69) is 9.68 Å². The summed E-state index contributed by atoms with van der Waals surface area (Å²) in [5.74, 6) is -2.01. The van der Waals surface area contributed by atoms with Crippen molar-refractivity contribution in [3.63, 3.8) is 0 Å². The van der Waals surface area contributed by atoms with Gasteiger partial charge in [0.1, 0.15) is 0 Å². The highest BCUT2D eigenvalue weighted by Crippen LogP contribution is 2.23. The number of nitrogens with zero attached hydrogens (tertiary/aromatic N) is 1. The van der Waals surface area contributed by atoms with Gasteiger partial charge in [0.05, 0.1) is 5.39 Å². The van der Waals surface area contributed by atoms with Crippen LogP contribution in [0.4, 0.5) is 14.7 Å². The van der Waals surface area contributed by atoms with Gasteiger partial charge in [-0.25, -0.2) is 8.78 Å². The molecule has 0 aliphatic rings. The molecule has 0 saturated carbocycles. The molecule has 0 fully saturated rings. The Morgan fingerprint density at radius 2 is 2.08 bits per heavy atom. The molecule has 5 heteroatoms. The first kappa shape index (κ1) is 7.02. The van der Waals surface area contributed by atoms with E-state index >= 15 is 0 Å². The Kier molecular flexibility index (Phi) is 1.27. The van der Waals surface area contributed by atoms with Crippen LogP contribution in [0.2, 0.25) is 0 Å². The summed E-state index contributed by atoms with van der Waals surface area (Å²) in [6, 6.07) is 2.30. The summed E-state index contributed by atoms with van der Waals surface area (Å²) in [4.78, 5) is 0. The molecule has 0 bridgehead atoms. The number of nitrogens with two attached hydrogens (primary N) is 1. The van der Waals surface area contributed by atoms with Crippen LogP contribution in [0.3, 0.4) is 0 Å². The molecule has 0 aliphatic heterocycles. The van der Waals surface area contributed by atoms with Crippen LogP contribution in [0, 0.1) is 11.6 Å². The molecule has 2 N–H and O–H groups in total. The predicted molar refractivity (Wildman–Crippen MR) is 38.3 cm³/mol. The second-order valence-corrected chi connectivity index (χ2v) is 2.30. The van der Waals surface area contributed by atoms with Crippen molar-refractivity contribution in [1.82, 2.24) is 5.16 Å². The van der Waals surface area contributed by atoms with Crippen molar-refractivity contribution < 1.29 is 13.3 Å². The number of aromatic nitrogens is 1. The smallest absolute Gasteiger partial charge is 0.230 e. The van der Waals surface area contributed by atoms with Crippen LogP contribution < -0.4 is 5.73 Å². The summed E-state index contributed by atoms with van der Waals surface area (Å²) in [5.41, 5.74) is 5.10. The first-order valence-electron chi connectivity index (χ1n) is 3.19. The first-order valence-corrected chi connectivity index (χ1v) is 3.19. The molecule has 0 amide bonds. The Bertz CT molecular complexity index is 438. The molecular formula is C7H4F2N2O. The molecule has 0 spiro atoms. The molecule has 62 valence electrons. The zero-order valence-corrected chi connectivity index (χ0v) is 5.84. The van der Waals surface area contributed by atoms with Crippen molar-refractivity contribution in [2.24, 2.45) is 0 Å². The minimum absolute atomic E-state index is 0.0103. The van der Waals surface area contributed by atoms with Crippen molar-refractivity contribution >= 4 is 16.8 Å². The van der Waals surface area contributed by atoms with Crippen molar-refractivity contribution in [3.05, 3.63) is 23.8 Å². The number of halogens is 2. The summed E-state index contributed by atoms with van der Waals surface area (Å²) in [7, 11) is 0. The maximum absolute atomic E-state index is 12.9. The third-order valence-electron chi connectivity index (χ3n) is 1.57. The highest BCUT2D eigenvalue weighted by molar-refractivity contribution is 5.87. The summed E-state index contributed by atoms with van der Waals surface area (Å²) >= 11 is 0. The van der Waals surface area contributed by atoms with E-state index < -0.39 is 11.6 Å². The van der Waals surface area contributed by atoms with Gasteiger partial charge in [-0.1, -0.05) is 5.16 Å². The second-order valence-electron chi connectivity index (χ2n) is 2.30. The molecule has 1 heterocycles. The lowest BCUT2D eigenvalue weighted by Gasteiger charge is -1.90. The Morgan fingerprint density at radius 3 is 2.83 bits per heavy atom. The van der Waals surface area contributed by atoms with Gasteiger partial charge in [0.2, 0.25) is 5.88 Å². The van der Waals surface area contributed by atoms with Crippen LogP contribution in [0.1, 0.15) is 0 Å². The first-order chi connectivity index (χ1) is 5.70. The Hall–Kier alpha value is -1.65. The Labute approximate surface area is 65.7 Å². The minimum atomic E-state index is -1.03. The molecule has 1 aromatic heterocycles. The Balaban J connectivity index is 2.93. The summed E-state index contributed by atoms with van der Waals surface area (Å²) < 4.78 is 29.9. The number of fused-ring (bicyclic) bond motifs is 1. The Morgan fingerprint density at radius 1 is 1.33 bits per heavy atom. The fourth-order valence-electron chi connectivity index (χ4n) is 0.972. The van der Waals surface area contributed by atoms with Gasteiger partial charge >= 0.3 is 0 Å². The van der Waals surface area contributed by atoms with Gasteiger partial charge < -0.3 is 10.3 Å². The van der Waals surface area contributed by atoms with E-state index in [-0.39, 0.29) is 16.8 Å². The van der Waals surface area contributed by atoms with Crippen molar-refractivity contribution in [3.8, 4) is 0 Å². The molecular weight excluding hydrogens is 166 g/mol. The topological polar surface area (TPSA) is 52.0 Å². The second kappa shape index (κ2) is 2.17. The minimum Gasteiger partial charge on any atom is -0.367 e. The number of hydrogen-bond donors (Lipinski definition) is 1. The standard InChI is InChI=1S/C7H4F2N2O/c8-4-2-1-3-6(5(4)9)11-12-7(3)10/h1-2H,10H2. The van der Waals surface area contributed by atoms with Crippen molar-refractivity contribution in [1.29, 1.82) is 0 Å². The average Bonchev–Trinajstić information content (AvgIpc) is 2.41. The van der Waals surface area contributed by atoms with Crippen molar-refractivity contribution in [2.45, 2.75) is 0 Å². The maximum Gasteiger partial charge on any atom is 0.230 e. The molecule has 2 aromatic rings. The number of rotatable bonds is 0. The third-order valence-corrected chi connectivity index (χ3v) is 1.57. The predicted octanol–water partition coefficient (Wildman–Crippen LogP) is 1.69. The lowest BCUT2D eigenvalue weighted by Crippen LogP contribution is -1.85. The van der Waals surface area contributed by atoms with Gasteiger partial charge in [0.25, 0.3) is 0 Å². The van der Waals surface area contributed by atoms with Gasteiger partial charge in [-0.05, 0) is 12.1 Å². The van der Waals surface area contributed by atoms with Crippen LogP contribution in [0.15, 0.2) is 16.7 Å². The highest BCUT2D eigenvalue weighted by Gasteiger charge is 2.12. The maximum atomic E-state index is 12.9. The van der Waals surface area contributed by atoms with Crippen LogP contribution in [-0.4, -0.2) is 5.16 Å². The fraction of sp³-hybridized carbons (Fsp3) is 0. The zero-order valence-electron chi connectivity index (χ0n) is 5.84. The summed E-state index contributed by atoms with van der Waals surface area (Å²) in [6.45, 7) is 0. The van der Waals surface area contributed by atoms with Crippen LogP contribution in [0.25, 0.3) is 10.9 Å². The molecule has 0 aliphatic carbocycles. The van der Waals surface area contributed by atoms with E-state index in [4.69, 9.17) is 5.73 Å². The molecule has 12 heavy (non-hydrogen) atoms. The van der Waals surface area contributed by atoms with Gasteiger partial charge in [-0.2, -0.15) is 0 Å². The van der Waals surface area contributed by atoms with E-state index in [1.807, 2.05) is 0 Å². The summed E-state index contributed by atoms with van der Waals surface area (Å²) in [5, 5.41) is 3.55. The SMILES string of the molecule is Nc1onc2c(F)c(F)ccc12. The molecule has 1 aromatic carbocycles. The van der Waals surface area contributed by atoms with Crippen LogP contribution in [-0.2, 0) is 0 Å². The van der Waals surface area contributed by atoms with E-state index in [0.29, 0.717) is 0 Å². The zero-order chi connectivity index (χ0) is 8.72. The molecule has 0 radical (unpaired) electrons. The van der Waals surface area contributed by atoms with E-state index in [0.717, 1.165) is 6.07 Å². The van der Waals surface area contributed by atoms with Gasteiger partial charge in [0.15, 0.2) is 17.2 Å². The number of anilines is 1. The normalized spacial score (nSPS) is 10.8. The largest absolute Gasteiger partial charge is 0.367 e. The van der Waals surface area contributed by atoms with E-state index in [1.165, 1.54) is 6.07 Å². The van der Waals surface area contributed by atoms with Gasteiger partial charge in [0, 0.05) is 0 Å². The quantitative estimate of drug-likeness (QED) is 0.654. The lowest BCUT2D eigenvalue weighted by atomic mass is 10.2. The molecule has 0 saturated heterocycles. The monoisotopic (exact) mass is 170 g/mol. The van der Waals surface area contributed by atoms with E-state index in [1.54, 1.807) is 0 Å². The molecule has 0 unspecified atom stereocenters. The van der Waals surface area contributed by atoms with Crippen molar-refractivity contribution in [2.75, 3.05) is 5.73 Å². The fourth-order valence-corrected chi connectivity index (χ4v) is 0.972. The molecule has 0 atom stereocenters. The number of hydrogen-bond acceptors (Lipinski definition) is 3. The summed E-state index contributed by atoms with van der Waals surface area (Å²) in [6.07, 6.45) is 0.